The van der Waals surface area contributed by atoms with Gasteiger partial charge in [-0.15, -0.1) is 0 Å². The van der Waals surface area contributed by atoms with Crippen molar-refractivity contribution in [2.24, 2.45) is 0 Å². The topological polar surface area (TPSA) is 78.8 Å². The summed E-state index contributed by atoms with van der Waals surface area (Å²) < 4.78 is 5.02. The molecule has 1 N–H and O–H groups in total. The van der Waals surface area contributed by atoms with Crippen molar-refractivity contribution in [2.75, 3.05) is 38.2 Å². The van der Waals surface area contributed by atoms with E-state index in [1.807, 2.05) is 12.1 Å². The van der Waals surface area contributed by atoms with E-state index in [-0.39, 0.29) is 11.7 Å². The molecule has 1 aliphatic heterocycles. The molecular weight excluding hydrogens is 296 g/mol. The maximum atomic E-state index is 12.5. The van der Waals surface area contributed by atoms with Gasteiger partial charge in [0.15, 0.2) is 0 Å². The van der Waals surface area contributed by atoms with Crippen LogP contribution in [0.4, 0.5) is 5.69 Å². The zero-order chi connectivity index (χ0) is 16.2. The summed E-state index contributed by atoms with van der Waals surface area (Å²) in [6.07, 6.45) is 1.32. The van der Waals surface area contributed by atoms with Gasteiger partial charge in [0.2, 0.25) is 5.88 Å². The van der Waals surface area contributed by atoms with E-state index in [1.54, 1.807) is 17.0 Å². The second kappa shape index (κ2) is 6.51. The first-order chi connectivity index (χ1) is 11.2. The van der Waals surface area contributed by atoms with Crippen LogP contribution in [0.25, 0.3) is 0 Å². The standard InChI is InChI=1S/C16H18N4O3/c1-23-15-10-12(17-11-18-15)16(22)20-8-6-19(7-9-20)13-4-2-3-5-14(13)21/h2-5,10-11,21H,6-9H2,1H3. The van der Waals surface area contributed by atoms with E-state index in [1.165, 1.54) is 19.5 Å². The van der Waals surface area contributed by atoms with E-state index in [4.69, 9.17) is 4.74 Å². The number of hydrogen-bond acceptors (Lipinski definition) is 6. The Kier molecular flexibility index (Phi) is 4.27. The van der Waals surface area contributed by atoms with Crippen LogP contribution in [-0.2, 0) is 0 Å². The number of aromatic nitrogens is 2. The molecule has 0 spiro atoms. The van der Waals surface area contributed by atoms with E-state index in [0.717, 1.165) is 5.69 Å². The molecular formula is C16H18N4O3. The third-order valence-corrected chi connectivity index (χ3v) is 3.86. The molecule has 1 fully saturated rings. The van der Waals surface area contributed by atoms with Gasteiger partial charge < -0.3 is 19.6 Å². The van der Waals surface area contributed by atoms with Gasteiger partial charge in [-0.25, -0.2) is 9.97 Å². The van der Waals surface area contributed by atoms with E-state index in [0.29, 0.717) is 37.8 Å². The highest BCUT2D eigenvalue weighted by molar-refractivity contribution is 5.92. The van der Waals surface area contributed by atoms with Crippen LogP contribution in [0.15, 0.2) is 36.7 Å². The van der Waals surface area contributed by atoms with Crippen LogP contribution in [0.2, 0.25) is 0 Å². The number of carbonyl (C=O) groups is 1. The van der Waals surface area contributed by atoms with Gasteiger partial charge in [0.25, 0.3) is 5.91 Å². The molecule has 23 heavy (non-hydrogen) atoms. The largest absolute Gasteiger partial charge is 0.506 e. The normalized spacial score (nSPS) is 14.7. The first-order valence-corrected chi connectivity index (χ1v) is 7.37. The van der Waals surface area contributed by atoms with Gasteiger partial charge in [-0.2, -0.15) is 0 Å². The van der Waals surface area contributed by atoms with Gasteiger partial charge in [-0.05, 0) is 12.1 Å². The number of rotatable bonds is 3. The lowest BCUT2D eigenvalue weighted by Gasteiger charge is -2.36. The van der Waals surface area contributed by atoms with E-state index in [9.17, 15) is 9.90 Å². The Morgan fingerprint density at radius 3 is 2.61 bits per heavy atom. The van der Waals surface area contributed by atoms with Crippen LogP contribution in [0.1, 0.15) is 10.5 Å². The van der Waals surface area contributed by atoms with Gasteiger partial charge in [0, 0.05) is 32.2 Å². The highest BCUT2D eigenvalue weighted by Crippen LogP contribution is 2.27. The Balaban J connectivity index is 1.66. The van der Waals surface area contributed by atoms with Gasteiger partial charge in [-0.1, -0.05) is 12.1 Å². The number of ether oxygens (including phenoxy) is 1. The molecule has 0 unspecified atom stereocenters. The fraction of sp³-hybridized carbons (Fsp3) is 0.312. The molecule has 0 saturated carbocycles. The quantitative estimate of drug-likeness (QED) is 0.916. The average Bonchev–Trinajstić information content (AvgIpc) is 2.62. The molecule has 2 aromatic rings. The predicted octanol–water partition coefficient (Wildman–Crippen LogP) is 1.15. The van der Waals surface area contributed by atoms with Crippen molar-refractivity contribution < 1.29 is 14.6 Å². The Morgan fingerprint density at radius 1 is 1.17 bits per heavy atom. The highest BCUT2D eigenvalue weighted by atomic mass is 16.5. The maximum absolute atomic E-state index is 12.5. The molecule has 3 rings (SSSR count). The van der Waals surface area contributed by atoms with E-state index >= 15 is 0 Å². The predicted molar refractivity (Wildman–Crippen MR) is 84.8 cm³/mol. The second-order valence-electron chi connectivity index (χ2n) is 5.21. The lowest BCUT2D eigenvalue weighted by molar-refractivity contribution is 0.0740. The minimum Gasteiger partial charge on any atom is -0.506 e. The van der Waals surface area contributed by atoms with Crippen LogP contribution >= 0.6 is 0 Å². The molecule has 0 atom stereocenters. The number of piperazine rings is 1. The Hall–Kier alpha value is -2.83. The number of hydrogen-bond donors (Lipinski definition) is 1. The summed E-state index contributed by atoms with van der Waals surface area (Å²) in [6.45, 7) is 2.45. The number of methoxy groups -OCH3 is 1. The maximum Gasteiger partial charge on any atom is 0.272 e. The molecule has 1 saturated heterocycles. The summed E-state index contributed by atoms with van der Waals surface area (Å²) in [5, 5.41) is 9.92. The third kappa shape index (κ3) is 3.18. The molecule has 2 heterocycles. The summed E-state index contributed by atoms with van der Waals surface area (Å²) in [5.74, 6) is 0.492. The number of nitrogens with zero attached hydrogens (tertiary/aromatic N) is 4. The molecule has 0 bridgehead atoms. The van der Waals surface area contributed by atoms with Crippen molar-refractivity contribution in [1.29, 1.82) is 0 Å². The molecule has 1 amide bonds. The number of benzene rings is 1. The second-order valence-corrected chi connectivity index (χ2v) is 5.21. The van der Waals surface area contributed by atoms with Crippen molar-refractivity contribution >= 4 is 11.6 Å². The molecule has 0 aliphatic carbocycles. The number of carbonyl (C=O) groups excluding carboxylic acids is 1. The van der Waals surface area contributed by atoms with Crippen LogP contribution in [-0.4, -0.2) is 59.2 Å². The number of para-hydroxylation sites is 2. The lowest BCUT2D eigenvalue weighted by Crippen LogP contribution is -2.49. The van der Waals surface area contributed by atoms with Crippen molar-refractivity contribution in [3.8, 4) is 11.6 Å². The number of phenols is 1. The van der Waals surface area contributed by atoms with Crippen molar-refractivity contribution in [3.05, 3.63) is 42.4 Å². The number of aromatic hydroxyl groups is 1. The number of anilines is 1. The zero-order valence-corrected chi connectivity index (χ0v) is 12.8. The lowest BCUT2D eigenvalue weighted by atomic mass is 10.2. The number of amides is 1. The highest BCUT2D eigenvalue weighted by Gasteiger charge is 2.24. The van der Waals surface area contributed by atoms with Crippen LogP contribution in [0.3, 0.4) is 0 Å². The fourth-order valence-electron chi connectivity index (χ4n) is 2.61. The van der Waals surface area contributed by atoms with Gasteiger partial charge in [0.05, 0.1) is 12.8 Å². The smallest absolute Gasteiger partial charge is 0.272 e. The molecule has 0 radical (unpaired) electrons. The molecule has 1 aliphatic rings. The minimum absolute atomic E-state index is 0.136. The van der Waals surface area contributed by atoms with Crippen molar-refractivity contribution in [1.82, 2.24) is 14.9 Å². The van der Waals surface area contributed by atoms with Crippen LogP contribution in [0.5, 0.6) is 11.6 Å². The Morgan fingerprint density at radius 2 is 1.91 bits per heavy atom. The van der Waals surface area contributed by atoms with Crippen molar-refractivity contribution in [2.45, 2.75) is 0 Å². The van der Waals surface area contributed by atoms with E-state index < -0.39 is 0 Å². The number of phenolic OH excluding ortho intramolecular Hbond substituents is 1. The SMILES string of the molecule is COc1cc(C(=O)N2CCN(c3ccccc3O)CC2)ncn1. The Bertz CT molecular complexity index is 699. The van der Waals surface area contributed by atoms with Gasteiger partial charge >= 0.3 is 0 Å². The molecule has 120 valence electrons. The third-order valence-electron chi connectivity index (χ3n) is 3.86. The van der Waals surface area contributed by atoms with Gasteiger partial charge in [-0.3, -0.25) is 4.79 Å². The fourth-order valence-corrected chi connectivity index (χ4v) is 2.61. The monoisotopic (exact) mass is 314 g/mol. The molecule has 7 nitrogen and oxygen atoms in total. The summed E-state index contributed by atoms with van der Waals surface area (Å²) in [6, 6.07) is 8.76. The first-order valence-electron chi connectivity index (χ1n) is 7.37. The van der Waals surface area contributed by atoms with Crippen LogP contribution in [0, 0.1) is 0 Å². The van der Waals surface area contributed by atoms with Crippen LogP contribution < -0.4 is 9.64 Å². The van der Waals surface area contributed by atoms with Gasteiger partial charge in [0.1, 0.15) is 17.8 Å². The van der Waals surface area contributed by atoms with Crippen molar-refractivity contribution in [3.63, 3.8) is 0 Å². The zero-order valence-electron chi connectivity index (χ0n) is 12.8. The molecule has 1 aromatic heterocycles. The van der Waals surface area contributed by atoms with E-state index in [2.05, 4.69) is 14.9 Å². The minimum atomic E-state index is -0.136. The summed E-state index contributed by atoms with van der Waals surface area (Å²) in [4.78, 5) is 24.2. The molecule has 7 heteroatoms. The average molecular weight is 314 g/mol. The summed E-state index contributed by atoms with van der Waals surface area (Å²) in [7, 11) is 1.50. The first kappa shape index (κ1) is 15.1. The summed E-state index contributed by atoms with van der Waals surface area (Å²) in [5.41, 5.74) is 1.12. The summed E-state index contributed by atoms with van der Waals surface area (Å²) >= 11 is 0. The molecule has 1 aromatic carbocycles. The Labute approximate surface area is 134 Å².